The fraction of sp³-hybridized carbons (Fsp3) is 0.600. The van der Waals surface area contributed by atoms with E-state index in [1.165, 1.54) is 18.4 Å². The Hall–Kier alpha value is -0.570. The van der Waals surface area contributed by atoms with Gasteiger partial charge in [-0.05, 0) is 43.9 Å². The fourth-order valence-electron chi connectivity index (χ4n) is 3.01. The molecule has 1 aliphatic heterocycles. The molecule has 3 heteroatoms. The van der Waals surface area contributed by atoms with E-state index in [0.717, 1.165) is 24.0 Å². The zero-order chi connectivity index (χ0) is 13.1. The summed E-state index contributed by atoms with van der Waals surface area (Å²) in [5.41, 5.74) is 7.38. The molecule has 0 bridgehead atoms. The van der Waals surface area contributed by atoms with E-state index in [1.807, 2.05) is 18.2 Å². The summed E-state index contributed by atoms with van der Waals surface area (Å²) < 4.78 is 0. The fourth-order valence-corrected chi connectivity index (χ4v) is 3.25. The van der Waals surface area contributed by atoms with Crippen LogP contribution in [0.25, 0.3) is 0 Å². The third-order valence-electron chi connectivity index (χ3n) is 3.80. The SMILES string of the molecule is CC1CCCN(C(c2ccccc2Cl)C(C)N)C1. The van der Waals surface area contributed by atoms with Crippen molar-refractivity contribution in [1.29, 1.82) is 0 Å². The Balaban J connectivity index is 2.26. The van der Waals surface area contributed by atoms with Crippen molar-refractivity contribution in [3.63, 3.8) is 0 Å². The van der Waals surface area contributed by atoms with Crippen LogP contribution in [-0.4, -0.2) is 24.0 Å². The van der Waals surface area contributed by atoms with Gasteiger partial charge in [0.1, 0.15) is 0 Å². The van der Waals surface area contributed by atoms with Gasteiger partial charge >= 0.3 is 0 Å². The van der Waals surface area contributed by atoms with Crippen LogP contribution in [0.2, 0.25) is 5.02 Å². The average molecular weight is 267 g/mol. The summed E-state index contributed by atoms with van der Waals surface area (Å²) in [6, 6.07) is 8.42. The van der Waals surface area contributed by atoms with E-state index in [1.54, 1.807) is 0 Å². The molecular weight excluding hydrogens is 244 g/mol. The molecule has 100 valence electrons. The van der Waals surface area contributed by atoms with Crippen molar-refractivity contribution in [2.45, 2.75) is 38.8 Å². The van der Waals surface area contributed by atoms with Crippen LogP contribution < -0.4 is 5.73 Å². The summed E-state index contributed by atoms with van der Waals surface area (Å²) in [6.45, 7) is 6.64. The predicted molar refractivity (Wildman–Crippen MR) is 77.8 cm³/mol. The smallest absolute Gasteiger partial charge is 0.0511 e. The van der Waals surface area contributed by atoms with Gasteiger partial charge in [-0.3, -0.25) is 4.90 Å². The summed E-state index contributed by atoms with van der Waals surface area (Å²) in [5.74, 6) is 0.752. The second-order valence-electron chi connectivity index (χ2n) is 5.57. The summed E-state index contributed by atoms with van der Waals surface area (Å²) in [5, 5.41) is 0.832. The van der Waals surface area contributed by atoms with Crippen molar-refractivity contribution in [1.82, 2.24) is 4.90 Å². The molecule has 2 nitrogen and oxygen atoms in total. The molecule has 0 spiro atoms. The Morgan fingerprint density at radius 1 is 1.39 bits per heavy atom. The molecule has 1 fully saturated rings. The van der Waals surface area contributed by atoms with Gasteiger partial charge in [-0.15, -0.1) is 0 Å². The van der Waals surface area contributed by atoms with Crippen LogP contribution in [0.5, 0.6) is 0 Å². The third kappa shape index (κ3) is 3.05. The van der Waals surface area contributed by atoms with Gasteiger partial charge in [0.2, 0.25) is 0 Å². The van der Waals surface area contributed by atoms with Gasteiger partial charge in [-0.25, -0.2) is 0 Å². The maximum atomic E-state index is 6.34. The van der Waals surface area contributed by atoms with E-state index in [2.05, 4.69) is 24.8 Å². The average Bonchev–Trinajstić information content (AvgIpc) is 2.32. The summed E-state index contributed by atoms with van der Waals surface area (Å²) in [6.07, 6.45) is 2.58. The first-order valence-corrected chi connectivity index (χ1v) is 7.21. The number of halogens is 1. The van der Waals surface area contributed by atoms with Crippen LogP contribution in [0.15, 0.2) is 24.3 Å². The minimum Gasteiger partial charge on any atom is -0.326 e. The molecule has 0 aliphatic carbocycles. The second kappa shape index (κ2) is 6.05. The molecule has 0 radical (unpaired) electrons. The maximum Gasteiger partial charge on any atom is 0.0511 e. The number of hydrogen-bond acceptors (Lipinski definition) is 2. The van der Waals surface area contributed by atoms with E-state index in [0.29, 0.717) is 0 Å². The van der Waals surface area contributed by atoms with Gasteiger partial charge in [-0.1, -0.05) is 36.7 Å². The van der Waals surface area contributed by atoms with E-state index in [9.17, 15) is 0 Å². The van der Waals surface area contributed by atoms with E-state index >= 15 is 0 Å². The van der Waals surface area contributed by atoms with Crippen LogP contribution in [0, 0.1) is 5.92 Å². The lowest BCUT2D eigenvalue weighted by molar-refractivity contribution is 0.116. The summed E-state index contributed by atoms with van der Waals surface area (Å²) in [4.78, 5) is 2.50. The van der Waals surface area contributed by atoms with Gasteiger partial charge in [0.25, 0.3) is 0 Å². The highest BCUT2D eigenvalue weighted by molar-refractivity contribution is 6.31. The second-order valence-corrected chi connectivity index (χ2v) is 5.98. The number of likely N-dealkylation sites (tertiary alicyclic amines) is 1. The largest absolute Gasteiger partial charge is 0.326 e. The van der Waals surface area contributed by atoms with Crippen molar-refractivity contribution in [3.05, 3.63) is 34.9 Å². The van der Waals surface area contributed by atoms with Gasteiger partial charge in [-0.2, -0.15) is 0 Å². The van der Waals surface area contributed by atoms with Crippen LogP contribution in [0.3, 0.4) is 0 Å². The standard InChI is InChI=1S/C15H23ClN2/c1-11-6-5-9-18(10-11)15(12(2)17)13-7-3-4-8-14(13)16/h3-4,7-8,11-12,15H,5-6,9-10,17H2,1-2H3. The van der Waals surface area contributed by atoms with Gasteiger partial charge in [0, 0.05) is 17.6 Å². The molecule has 2 rings (SSSR count). The highest BCUT2D eigenvalue weighted by atomic mass is 35.5. The molecule has 1 aromatic carbocycles. The lowest BCUT2D eigenvalue weighted by Gasteiger charge is -2.39. The highest BCUT2D eigenvalue weighted by Crippen LogP contribution is 2.32. The van der Waals surface area contributed by atoms with Crippen LogP contribution >= 0.6 is 11.6 Å². The molecule has 1 heterocycles. The van der Waals surface area contributed by atoms with Crippen LogP contribution in [0.1, 0.15) is 38.3 Å². The Morgan fingerprint density at radius 3 is 2.72 bits per heavy atom. The first-order chi connectivity index (χ1) is 8.59. The Kier molecular flexibility index (Phi) is 4.66. The van der Waals surface area contributed by atoms with Gasteiger partial charge in [0.15, 0.2) is 0 Å². The lowest BCUT2D eigenvalue weighted by Crippen LogP contribution is -2.44. The maximum absolute atomic E-state index is 6.34. The predicted octanol–water partition coefficient (Wildman–Crippen LogP) is 3.46. The van der Waals surface area contributed by atoms with Crippen molar-refractivity contribution in [3.8, 4) is 0 Å². The molecule has 1 saturated heterocycles. The first-order valence-electron chi connectivity index (χ1n) is 6.83. The van der Waals surface area contributed by atoms with Crippen molar-refractivity contribution in [2.24, 2.45) is 11.7 Å². The monoisotopic (exact) mass is 266 g/mol. The lowest BCUT2D eigenvalue weighted by atomic mass is 9.93. The number of piperidine rings is 1. The minimum absolute atomic E-state index is 0.0928. The third-order valence-corrected chi connectivity index (χ3v) is 4.15. The molecule has 2 N–H and O–H groups in total. The van der Waals surface area contributed by atoms with Crippen LogP contribution in [-0.2, 0) is 0 Å². The normalized spacial score (nSPS) is 24.8. The minimum atomic E-state index is 0.0928. The molecule has 3 unspecified atom stereocenters. The summed E-state index contributed by atoms with van der Waals surface area (Å²) >= 11 is 6.34. The topological polar surface area (TPSA) is 29.3 Å². The molecule has 3 atom stereocenters. The molecule has 18 heavy (non-hydrogen) atoms. The van der Waals surface area contributed by atoms with Crippen molar-refractivity contribution >= 4 is 11.6 Å². The zero-order valence-corrected chi connectivity index (χ0v) is 12.0. The van der Waals surface area contributed by atoms with E-state index < -0.39 is 0 Å². The summed E-state index contributed by atoms with van der Waals surface area (Å²) in [7, 11) is 0. The number of nitrogens with zero attached hydrogens (tertiary/aromatic N) is 1. The molecule has 1 aromatic rings. The van der Waals surface area contributed by atoms with Crippen molar-refractivity contribution < 1.29 is 0 Å². The molecule has 0 aromatic heterocycles. The van der Waals surface area contributed by atoms with Gasteiger partial charge in [0.05, 0.1) is 6.04 Å². The van der Waals surface area contributed by atoms with Crippen LogP contribution in [0.4, 0.5) is 0 Å². The number of nitrogens with two attached hydrogens (primary N) is 1. The van der Waals surface area contributed by atoms with Gasteiger partial charge < -0.3 is 5.73 Å². The zero-order valence-electron chi connectivity index (χ0n) is 11.3. The van der Waals surface area contributed by atoms with Crippen molar-refractivity contribution in [2.75, 3.05) is 13.1 Å². The quantitative estimate of drug-likeness (QED) is 0.908. The Labute approximate surface area is 115 Å². The molecule has 1 aliphatic rings. The number of benzene rings is 1. The molecular formula is C15H23ClN2. The Morgan fingerprint density at radius 2 is 2.11 bits per heavy atom. The first kappa shape index (κ1) is 13.9. The number of hydrogen-bond donors (Lipinski definition) is 1. The Bertz CT molecular complexity index is 392. The highest BCUT2D eigenvalue weighted by Gasteiger charge is 2.28. The molecule has 0 saturated carbocycles. The van der Waals surface area contributed by atoms with E-state index in [-0.39, 0.29) is 12.1 Å². The van der Waals surface area contributed by atoms with E-state index in [4.69, 9.17) is 17.3 Å². The number of rotatable bonds is 3. The molecule has 0 amide bonds.